The highest BCUT2D eigenvalue weighted by molar-refractivity contribution is 5.89. The largest absolute Gasteiger partial charge is 0.497 e. The second-order valence-electron chi connectivity index (χ2n) is 13.0. The molecule has 43 heavy (non-hydrogen) atoms. The van der Waals surface area contributed by atoms with Crippen LogP contribution >= 0.6 is 0 Å². The van der Waals surface area contributed by atoms with Crippen LogP contribution in [0.5, 0.6) is 11.6 Å². The van der Waals surface area contributed by atoms with E-state index in [2.05, 4.69) is 16.7 Å². The van der Waals surface area contributed by atoms with Gasteiger partial charge in [0.2, 0.25) is 11.8 Å². The number of hydrogen-bond acceptors (Lipinski definition) is 8. The number of benzene rings is 1. The van der Waals surface area contributed by atoms with Gasteiger partial charge in [0, 0.05) is 29.5 Å². The van der Waals surface area contributed by atoms with Crippen LogP contribution < -0.4 is 20.1 Å². The number of aliphatic hydroxyl groups excluding tert-OH is 1. The lowest BCUT2D eigenvalue weighted by Gasteiger charge is -2.29. The van der Waals surface area contributed by atoms with Gasteiger partial charge in [-0.05, 0) is 82.5 Å². The molecule has 4 atom stereocenters. The van der Waals surface area contributed by atoms with Crippen molar-refractivity contribution in [2.24, 2.45) is 0 Å². The number of amides is 3. The van der Waals surface area contributed by atoms with Crippen molar-refractivity contribution in [3.8, 4) is 11.6 Å². The van der Waals surface area contributed by atoms with E-state index >= 15 is 0 Å². The quantitative estimate of drug-likeness (QED) is 0.356. The summed E-state index contributed by atoms with van der Waals surface area (Å²) in [6, 6.07) is 6.14. The molecule has 0 radical (unpaired) electrons. The normalized spacial score (nSPS) is 21.7. The molecule has 2 aliphatic carbocycles. The van der Waals surface area contributed by atoms with Crippen molar-refractivity contribution in [1.82, 2.24) is 20.5 Å². The Morgan fingerprint density at radius 3 is 2.51 bits per heavy atom. The lowest BCUT2D eigenvalue weighted by Crippen LogP contribution is -2.55. The van der Waals surface area contributed by atoms with E-state index in [0.29, 0.717) is 24.6 Å². The molecule has 1 aromatic heterocycles. The summed E-state index contributed by atoms with van der Waals surface area (Å²) in [4.78, 5) is 45.8. The Labute approximate surface area is 252 Å². The summed E-state index contributed by atoms with van der Waals surface area (Å²) in [5.74, 6) is 0.603. The van der Waals surface area contributed by atoms with Gasteiger partial charge in [-0.1, -0.05) is 13.3 Å². The highest BCUT2D eigenvalue weighted by atomic mass is 16.6. The topological polar surface area (TPSA) is 139 Å². The third kappa shape index (κ3) is 7.68. The van der Waals surface area contributed by atoms with Gasteiger partial charge >= 0.3 is 6.09 Å². The molecule has 2 heterocycles. The molecule has 11 heteroatoms. The predicted octanol–water partition coefficient (Wildman–Crippen LogP) is 3.80. The smallest absolute Gasteiger partial charge is 0.411 e. The summed E-state index contributed by atoms with van der Waals surface area (Å²) in [5, 5.41) is 18.2. The van der Waals surface area contributed by atoms with Gasteiger partial charge in [-0.25, -0.2) is 9.78 Å². The Balaban J connectivity index is 1.37. The summed E-state index contributed by atoms with van der Waals surface area (Å²) in [5.41, 5.74) is 0.182. The minimum atomic E-state index is -1.40. The van der Waals surface area contributed by atoms with Crippen molar-refractivity contribution in [2.75, 3.05) is 13.7 Å². The van der Waals surface area contributed by atoms with Crippen LogP contribution in [-0.4, -0.2) is 82.5 Å². The molecule has 2 aromatic rings. The van der Waals surface area contributed by atoms with E-state index in [1.807, 2.05) is 25.1 Å². The van der Waals surface area contributed by atoms with Crippen molar-refractivity contribution < 1.29 is 33.7 Å². The number of methoxy groups -OCH3 is 1. The molecule has 1 unspecified atom stereocenters. The minimum Gasteiger partial charge on any atom is -0.497 e. The molecule has 3 N–H and O–H groups in total. The van der Waals surface area contributed by atoms with Crippen molar-refractivity contribution in [3.05, 3.63) is 30.0 Å². The van der Waals surface area contributed by atoms with Gasteiger partial charge in [-0.2, -0.15) is 0 Å². The maximum absolute atomic E-state index is 13.7. The molecular formula is C32H44N4O7. The maximum atomic E-state index is 13.7. The van der Waals surface area contributed by atoms with Gasteiger partial charge in [0.1, 0.15) is 23.5 Å². The molecule has 0 bridgehead atoms. The Morgan fingerprint density at radius 2 is 1.88 bits per heavy atom. The van der Waals surface area contributed by atoms with Crippen molar-refractivity contribution in [2.45, 2.75) is 114 Å². The fourth-order valence-corrected chi connectivity index (χ4v) is 5.44. The first kappa shape index (κ1) is 30.8. The zero-order chi connectivity index (χ0) is 30.9. The lowest BCUT2D eigenvalue weighted by molar-refractivity contribution is -0.133. The van der Waals surface area contributed by atoms with Crippen LogP contribution in [0, 0.1) is 0 Å². The number of aliphatic hydroxyl groups is 1. The first-order valence-corrected chi connectivity index (χ1v) is 15.4. The number of rotatable bonds is 11. The Kier molecular flexibility index (Phi) is 9.01. The molecule has 1 aromatic carbocycles. The Bertz CT molecular complexity index is 1350. The van der Waals surface area contributed by atoms with E-state index in [1.165, 1.54) is 4.90 Å². The van der Waals surface area contributed by atoms with Crippen LogP contribution in [0.15, 0.2) is 24.3 Å². The van der Waals surface area contributed by atoms with Gasteiger partial charge in [0.15, 0.2) is 6.10 Å². The number of carbonyl (C=O) groups is 3. The van der Waals surface area contributed by atoms with Crippen LogP contribution in [0.25, 0.3) is 10.8 Å². The van der Waals surface area contributed by atoms with E-state index in [4.69, 9.17) is 19.2 Å². The van der Waals surface area contributed by atoms with Crippen LogP contribution in [0.4, 0.5) is 4.79 Å². The highest BCUT2D eigenvalue weighted by Gasteiger charge is 2.44. The van der Waals surface area contributed by atoms with Gasteiger partial charge in [-0.3, -0.25) is 14.5 Å². The summed E-state index contributed by atoms with van der Waals surface area (Å²) < 4.78 is 17.5. The van der Waals surface area contributed by atoms with Crippen molar-refractivity contribution >= 4 is 28.7 Å². The van der Waals surface area contributed by atoms with Crippen LogP contribution in [0.3, 0.4) is 0 Å². The molecule has 1 saturated heterocycles. The number of pyridine rings is 1. The number of likely N-dealkylation sites (tertiary alicyclic amines) is 1. The summed E-state index contributed by atoms with van der Waals surface area (Å²) in [7, 11) is 1.63. The fraction of sp³-hybridized carbons (Fsp3) is 0.625. The van der Waals surface area contributed by atoms with E-state index < -0.39 is 47.8 Å². The number of nitrogens with one attached hydrogen (secondary N) is 2. The monoisotopic (exact) mass is 596 g/mol. The summed E-state index contributed by atoms with van der Waals surface area (Å²) in [6.45, 7) is 7.33. The molecule has 2 saturated carbocycles. The SMILES string of the molecule is CCCC(NC(=O)[C@@H]1C[C@@H](Oc2nc(C3CC3)cc3cc(OC)ccc23)CN1C(=O)OC(C)(C)C)[C@H](O)C(=O)NC1CC1. The first-order chi connectivity index (χ1) is 20.5. The number of fused-ring (bicyclic) bond motifs is 1. The first-order valence-electron chi connectivity index (χ1n) is 15.4. The number of ether oxygens (including phenoxy) is 3. The van der Waals surface area contributed by atoms with Crippen molar-refractivity contribution in [1.29, 1.82) is 0 Å². The number of hydrogen-bond donors (Lipinski definition) is 3. The second-order valence-corrected chi connectivity index (χ2v) is 13.0. The Morgan fingerprint density at radius 1 is 1.14 bits per heavy atom. The molecule has 3 aliphatic rings. The molecule has 0 spiro atoms. The summed E-state index contributed by atoms with van der Waals surface area (Å²) in [6.07, 6.45) is 2.59. The zero-order valence-corrected chi connectivity index (χ0v) is 25.7. The van der Waals surface area contributed by atoms with E-state index in [9.17, 15) is 19.5 Å². The molecule has 3 amide bonds. The van der Waals surface area contributed by atoms with Crippen LogP contribution in [-0.2, 0) is 14.3 Å². The van der Waals surface area contributed by atoms with Gasteiger partial charge in [-0.15, -0.1) is 0 Å². The van der Waals surface area contributed by atoms with E-state index in [0.717, 1.165) is 47.9 Å². The number of aromatic nitrogens is 1. The molecule has 1 aliphatic heterocycles. The van der Waals surface area contributed by atoms with Gasteiger partial charge in [0.25, 0.3) is 5.91 Å². The molecule has 5 rings (SSSR count). The number of carbonyl (C=O) groups excluding carboxylic acids is 3. The lowest BCUT2D eigenvalue weighted by atomic mass is 10.0. The van der Waals surface area contributed by atoms with Crippen molar-refractivity contribution in [3.63, 3.8) is 0 Å². The van der Waals surface area contributed by atoms with Gasteiger partial charge < -0.3 is 30.0 Å². The zero-order valence-electron chi connectivity index (χ0n) is 25.7. The second kappa shape index (κ2) is 12.6. The third-order valence-electron chi connectivity index (χ3n) is 7.99. The standard InChI is InChI=1S/C32H44N4O7/c1-6-7-24(27(37)29(39)33-20-10-11-20)34-28(38)26-16-22(17-36(26)31(40)43-32(2,3)4)42-30-23-13-12-21(41-5)14-19(23)15-25(35-30)18-8-9-18/h12-15,18,20,22,24,26-27,37H,6-11,16-17H2,1-5H3,(H,33,39)(H,34,38)/t22-,24?,26+,27+/m1/s1. The average Bonchev–Trinajstić information content (AvgIpc) is 3.89. The molecule has 11 nitrogen and oxygen atoms in total. The van der Waals surface area contributed by atoms with E-state index in [-0.39, 0.29) is 19.0 Å². The molecular weight excluding hydrogens is 552 g/mol. The fourth-order valence-electron chi connectivity index (χ4n) is 5.44. The molecule has 234 valence electrons. The van der Waals surface area contributed by atoms with Gasteiger partial charge in [0.05, 0.1) is 19.7 Å². The predicted molar refractivity (Wildman–Crippen MR) is 160 cm³/mol. The van der Waals surface area contributed by atoms with Crippen LogP contribution in [0.2, 0.25) is 0 Å². The Hall–Kier alpha value is -3.60. The third-order valence-corrected chi connectivity index (χ3v) is 7.99. The minimum absolute atomic E-state index is 0.0831. The number of nitrogens with zero attached hydrogens (tertiary/aromatic N) is 2. The maximum Gasteiger partial charge on any atom is 0.411 e. The average molecular weight is 597 g/mol. The molecule has 3 fully saturated rings. The van der Waals surface area contributed by atoms with Crippen LogP contribution in [0.1, 0.15) is 84.3 Å². The van der Waals surface area contributed by atoms with E-state index in [1.54, 1.807) is 27.9 Å². The highest BCUT2D eigenvalue weighted by Crippen LogP contribution is 2.42. The summed E-state index contributed by atoms with van der Waals surface area (Å²) >= 11 is 0.